The molecule has 0 radical (unpaired) electrons. The molecule has 0 aliphatic carbocycles. The Morgan fingerprint density at radius 2 is 1.90 bits per heavy atom. The lowest BCUT2D eigenvalue weighted by Gasteiger charge is -2.06. The molecule has 0 atom stereocenters. The number of nitrogens with one attached hydrogen (secondary N) is 4. The summed E-state index contributed by atoms with van der Waals surface area (Å²) in [4.78, 5) is 15.1. The quantitative estimate of drug-likeness (QED) is 0.208. The van der Waals surface area contributed by atoms with E-state index in [2.05, 4.69) is 64.5 Å². The normalized spacial score (nSPS) is 11.4. The summed E-state index contributed by atoms with van der Waals surface area (Å²) >= 11 is 0. The monoisotopic (exact) mass is 391 g/mol. The summed E-state index contributed by atoms with van der Waals surface area (Å²) in [5.74, 6) is -0.197. The van der Waals surface area contributed by atoms with Crippen molar-refractivity contribution < 1.29 is 4.79 Å². The number of aryl methyl sites for hydroxylation is 1. The van der Waals surface area contributed by atoms with E-state index in [1.807, 2.05) is 12.1 Å². The first-order valence-electron chi connectivity index (χ1n) is 9.94. The molecule has 0 saturated carbocycles. The topological polar surface area (TPSA) is 95.0 Å². The van der Waals surface area contributed by atoms with Gasteiger partial charge in [-0.1, -0.05) is 42.5 Å². The van der Waals surface area contributed by atoms with E-state index in [1.54, 1.807) is 6.08 Å². The molecule has 1 aromatic heterocycles. The number of H-pyrrole nitrogens is 1. The molecule has 1 amide bonds. The van der Waals surface area contributed by atoms with Gasteiger partial charge in [-0.25, -0.2) is 5.43 Å². The number of para-hydroxylation sites is 1. The Balaban J connectivity index is 1.44. The minimum absolute atomic E-state index is 0.197. The molecular weight excluding hydrogens is 362 g/mol. The fraction of sp³-hybridized carbons (Fsp3) is 0.261. The van der Waals surface area contributed by atoms with Crippen molar-refractivity contribution in [2.75, 3.05) is 19.6 Å². The number of benzene rings is 2. The molecule has 1 heterocycles. The van der Waals surface area contributed by atoms with E-state index < -0.39 is 0 Å². The van der Waals surface area contributed by atoms with Crippen molar-refractivity contribution in [3.05, 3.63) is 77.0 Å². The Hall–Kier alpha value is -2.93. The van der Waals surface area contributed by atoms with Gasteiger partial charge in [0.05, 0.1) is 0 Å². The molecule has 0 bridgehead atoms. The van der Waals surface area contributed by atoms with Gasteiger partial charge in [0.1, 0.15) is 0 Å². The number of aromatic nitrogens is 1. The van der Waals surface area contributed by atoms with Gasteiger partial charge in [-0.2, -0.15) is 0 Å². The second kappa shape index (κ2) is 10.6. The van der Waals surface area contributed by atoms with E-state index in [9.17, 15) is 4.79 Å². The highest BCUT2D eigenvalue weighted by Gasteiger charge is 2.07. The average molecular weight is 392 g/mol. The van der Waals surface area contributed by atoms with Gasteiger partial charge in [0.25, 0.3) is 5.91 Å². The Labute approximate surface area is 171 Å². The van der Waals surface area contributed by atoms with E-state index in [4.69, 9.17) is 5.73 Å². The molecule has 152 valence electrons. The number of rotatable bonds is 10. The number of hydrazine groups is 1. The van der Waals surface area contributed by atoms with Gasteiger partial charge < -0.3 is 16.0 Å². The van der Waals surface area contributed by atoms with E-state index in [-0.39, 0.29) is 5.91 Å². The first kappa shape index (κ1) is 20.8. The van der Waals surface area contributed by atoms with Gasteiger partial charge in [0.15, 0.2) is 0 Å². The minimum atomic E-state index is -0.197. The first-order chi connectivity index (χ1) is 14.2. The third-order valence-corrected chi connectivity index (χ3v) is 4.80. The Bertz CT molecular complexity index is 959. The molecule has 2 aromatic carbocycles. The number of amides is 1. The smallest absolute Gasteiger partial charge is 0.258 e. The van der Waals surface area contributed by atoms with Crippen molar-refractivity contribution in [2.45, 2.75) is 19.9 Å². The minimum Gasteiger partial charge on any atom is -0.358 e. The second-order valence-electron chi connectivity index (χ2n) is 6.98. The van der Waals surface area contributed by atoms with Crippen molar-refractivity contribution in [1.29, 1.82) is 0 Å². The van der Waals surface area contributed by atoms with Gasteiger partial charge in [-0.3, -0.25) is 10.2 Å². The Morgan fingerprint density at radius 1 is 1.10 bits per heavy atom. The van der Waals surface area contributed by atoms with Crippen LogP contribution in [0.15, 0.2) is 54.6 Å². The molecule has 6 nitrogen and oxygen atoms in total. The molecule has 3 aromatic rings. The summed E-state index contributed by atoms with van der Waals surface area (Å²) in [6, 6.07) is 16.6. The highest BCUT2D eigenvalue weighted by atomic mass is 16.2. The predicted octanol–water partition coefficient (Wildman–Crippen LogP) is 2.40. The predicted molar refractivity (Wildman–Crippen MR) is 119 cm³/mol. The molecule has 0 fully saturated rings. The summed E-state index contributed by atoms with van der Waals surface area (Å²) in [5.41, 5.74) is 16.7. The number of carbonyl (C=O) groups is 1. The molecule has 29 heavy (non-hydrogen) atoms. The van der Waals surface area contributed by atoms with Crippen LogP contribution in [0.3, 0.4) is 0 Å². The first-order valence-corrected chi connectivity index (χ1v) is 9.94. The van der Waals surface area contributed by atoms with Crippen LogP contribution in [0, 0.1) is 6.92 Å². The summed E-state index contributed by atoms with van der Waals surface area (Å²) < 4.78 is 0. The van der Waals surface area contributed by atoms with Crippen molar-refractivity contribution in [3.63, 3.8) is 0 Å². The van der Waals surface area contributed by atoms with Crippen molar-refractivity contribution >= 4 is 22.9 Å². The highest BCUT2D eigenvalue weighted by Crippen LogP contribution is 2.21. The number of hydrogen-bond acceptors (Lipinski definition) is 4. The van der Waals surface area contributed by atoms with Crippen LogP contribution in [0.2, 0.25) is 0 Å². The van der Waals surface area contributed by atoms with E-state index >= 15 is 0 Å². The lowest BCUT2D eigenvalue weighted by Crippen LogP contribution is -2.39. The number of hydrogen-bond donors (Lipinski definition) is 5. The van der Waals surface area contributed by atoms with Crippen LogP contribution < -0.4 is 21.9 Å². The molecule has 0 unspecified atom stereocenters. The van der Waals surface area contributed by atoms with Gasteiger partial charge in [0.2, 0.25) is 0 Å². The van der Waals surface area contributed by atoms with E-state index in [1.165, 1.54) is 33.8 Å². The maximum atomic E-state index is 11.6. The molecule has 0 aliphatic rings. The van der Waals surface area contributed by atoms with Crippen molar-refractivity contribution in [3.8, 4) is 0 Å². The third kappa shape index (κ3) is 6.02. The van der Waals surface area contributed by atoms with Crippen LogP contribution in [0.1, 0.15) is 22.4 Å². The number of nitrogens with two attached hydrogens (primary N) is 1. The summed E-state index contributed by atoms with van der Waals surface area (Å²) in [7, 11) is 0. The SMILES string of the molecule is Cc1[nH]c2ccccc2c1CCNCc1ccc(C=CC(=O)NNCCN)cc1. The zero-order valence-corrected chi connectivity index (χ0v) is 16.8. The number of carbonyl (C=O) groups excluding carboxylic acids is 1. The number of aromatic amines is 1. The molecule has 0 saturated heterocycles. The van der Waals surface area contributed by atoms with Crippen LogP contribution in [0.25, 0.3) is 17.0 Å². The fourth-order valence-electron chi connectivity index (χ4n) is 3.28. The Kier molecular flexibility index (Phi) is 7.58. The third-order valence-electron chi connectivity index (χ3n) is 4.80. The van der Waals surface area contributed by atoms with Gasteiger partial charge in [-0.05, 0) is 48.7 Å². The second-order valence-corrected chi connectivity index (χ2v) is 6.98. The van der Waals surface area contributed by atoms with E-state index in [0.29, 0.717) is 13.1 Å². The molecule has 0 aliphatic heterocycles. The van der Waals surface area contributed by atoms with Crippen LogP contribution in [-0.4, -0.2) is 30.5 Å². The van der Waals surface area contributed by atoms with Crippen molar-refractivity contribution in [2.24, 2.45) is 5.73 Å². The molecule has 3 rings (SSSR count). The summed E-state index contributed by atoms with van der Waals surface area (Å²) in [5, 5.41) is 4.83. The highest BCUT2D eigenvalue weighted by molar-refractivity contribution is 5.91. The lowest BCUT2D eigenvalue weighted by atomic mass is 10.1. The molecule has 6 heteroatoms. The largest absolute Gasteiger partial charge is 0.358 e. The van der Waals surface area contributed by atoms with Crippen LogP contribution in [0.4, 0.5) is 0 Å². The lowest BCUT2D eigenvalue weighted by molar-refractivity contribution is -0.117. The summed E-state index contributed by atoms with van der Waals surface area (Å²) in [6.45, 7) is 4.88. The Morgan fingerprint density at radius 3 is 2.69 bits per heavy atom. The van der Waals surface area contributed by atoms with Crippen LogP contribution in [-0.2, 0) is 17.8 Å². The average Bonchev–Trinajstić information content (AvgIpc) is 3.06. The zero-order valence-electron chi connectivity index (χ0n) is 16.8. The van der Waals surface area contributed by atoms with Crippen LogP contribution in [0.5, 0.6) is 0 Å². The van der Waals surface area contributed by atoms with Crippen molar-refractivity contribution in [1.82, 2.24) is 21.2 Å². The number of fused-ring (bicyclic) bond motifs is 1. The van der Waals surface area contributed by atoms with Crippen LogP contribution >= 0.6 is 0 Å². The summed E-state index contributed by atoms with van der Waals surface area (Å²) in [6.07, 6.45) is 4.28. The maximum absolute atomic E-state index is 11.6. The molecule has 6 N–H and O–H groups in total. The van der Waals surface area contributed by atoms with Gasteiger partial charge in [-0.15, -0.1) is 0 Å². The van der Waals surface area contributed by atoms with E-state index in [0.717, 1.165) is 25.1 Å². The zero-order chi connectivity index (χ0) is 20.5. The van der Waals surface area contributed by atoms with Gasteiger partial charge >= 0.3 is 0 Å². The molecule has 0 spiro atoms. The maximum Gasteiger partial charge on any atom is 0.258 e. The fourth-order valence-corrected chi connectivity index (χ4v) is 3.28. The van der Waals surface area contributed by atoms with Gasteiger partial charge in [0, 0.05) is 42.3 Å². The standard InChI is InChI=1S/C23H29N5O/c1-17-20(21-4-2-3-5-22(21)27-17)12-14-25-16-19-8-6-18(7-9-19)10-11-23(29)28-26-15-13-24/h2-11,25-27H,12-16,24H2,1H3,(H,28,29). The molecular formula is C23H29N5O.